The van der Waals surface area contributed by atoms with Gasteiger partial charge in [0.25, 0.3) is 0 Å². The summed E-state index contributed by atoms with van der Waals surface area (Å²) in [5, 5.41) is 1.82. The van der Waals surface area contributed by atoms with Gasteiger partial charge in [-0.2, -0.15) is 0 Å². The van der Waals surface area contributed by atoms with Gasteiger partial charge in [0, 0.05) is 33.4 Å². The Morgan fingerprint density at radius 2 is 1.91 bits per heavy atom. The van der Waals surface area contributed by atoms with Crippen LogP contribution in [0.5, 0.6) is 0 Å². The summed E-state index contributed by atoms with van der Waals surface area (Å²) in [5.74, 6) is 0.696. The van der Waals surface area contributed by atoms with Crippen LogP contribution >= 0.6 is 22.9 Å². The monoisotopic (exact) mass is 326 g/mol. The maximum atomic E-state index is 5.98. The van der Waals surface area contributed by atoms with Crippen LogP contribution < -0.4 is 0 Å². The fraction of sp³-hybridized carbons (Fsp3) is 0.222. The predicted molar refractivity (Wildman–Crippen MR) is 92.5 cm³/mol. The molecular formula is C18H15ClN2S. The van der Waals surface area contributed by atoms with Crippen LogP contribution in [-0.4, -0.2) is 9.97 Å². The summed E-state index contributed by atoms with van der Waals surface area (Å²) >= 11 is 7.72. The molecule has 1 fully saturated rings. The molecule has 2 nitrogen and oxygen atoms in total. The minimum absolute atomic E-state index is 0.696. The zero-order chi connectivity index (χ0) is 15.1. The number of hydrogen-bond acceptors (Lipinski definition) is 3. The number of thiazole rings is 1. The molecule has 1 saturated carbocycles. The molecule has 0 spiro atoms. The van der Waals surface area contributed by atoms with E-state index in [1.807, 2.05) is 36.7 Å². The fourth-order valence-corrected chi connectivity index (χ4v) is 3.82. The van der Waals surface area contributed by atoms with Crippen molar-refractivity contribution in [1.29, 1.82) is 0 Å². The Morgan fingerprint density at radius 3 is 2.64 bits per heavy atom. The number of aryl methyl sites for hydroxylation is 1. The molecule has 0 unspecified atom stereocenters. The fourth-order valence-electron chi connectivity index (χ4n) is 2.72. The molecular weight excluding hydrogens is 312 g/mol. The highest BCUT2D eigenvalue weighted by atomic mass is 35.5. The molecule has 1 aliphatic rings. The molecule has 1 aliphatic carbocycles. The first kappa shape index (κ1) is 13.9. The van der Waals surface area contributed by atoms with Crippen LogP contribution in [0.25, 0.3) is 21.8 Å². The first-order chi connectivity index (χ1) is 10.7. The summed E-state index contributed by atoms with van der Waals surface area (Å²) in [6.45, 7) is 2.12. The summed E-state index contributed by atoms with van der Waals surface area (Å²) in [4.78, 5) is 10.4. The predicted octanol–water partition coefficient (Wildman–Crippen LogP) is 5.71. The minimum atomic E-state index is 0.696. The molecule has 3 aromatic rings. The maximum absolute atomic E-state index is 5.98. The Morgan fingerprint density at radius 1 is 1.14 bits per heavy atom. The van der Waals surface area contributed by atoms with Crippen molar-refractivity contribution in [3.05, 3.63) is 58.2 Å². The molecule has 4 rings (SSSR count). The van der Waals surface area contributed by atoms with Gasteiger partial charge in [-0.1, -0.05) is 23.7 Å². The third-order valence-electron chi connectivity index (χ3n) is 4.02. The Balaban J connectivity index is 1.79. The van der Waals surface area contributed by atoms with Crippen molar-refractivity contribution in [2.75, 3.05) is 0 Å². The average molecular weight is 327 g/mol. The molecule has 2 heterocycles. The lowest BCUT2D eigenvalue weighted by Gasteiger charge is -2.04. The van der Waals surface area contributed by atoms with Crippen molar-refractivity contribution < 1.29 is 0 Å². The second kappa shape index (κ2) is 5.49. The molecule has 0 atom stereocenters. The third-order valence-corrected chi connectivity index (χ3v) is 5.27. The van der Waals surface area contributed by atoms with E-state index in [4.69, 9.17) is 16.6 Å². The normalized spacial score (nSPS) is 14.3. The second-order valence-corrected chi connectivity index (χ2v) is 7.31. The highest BCUT2D eigenvalue weighted by molar-refractivity contribution is 7.15. The molecule has 0 bridgehead atoms. The van der Waals surface area contributed by atoms with Crippen LogP contribution in [-0.2, 0) is 0 Å². The number of benzene rings is 1. The summed E-state index contributed by atoms with van der Waals surface area (Å²) in [7, 11) is 0. The number of nitrogens with zero attached hydrogens (tertiary/aromatic N) is 2. The molecule has 1 aromatic carbocycles. The lowest BCUT2D eigenvalue weighted by molar-refractivity contribution is 1.11. The SMILES string of the molecule is Cc1sc(-c2cnccc2C2CC2)nc1-c1ccc(Cl)cc1. The first-order valence-corrected chi connectivity index (χ1v) is 8.59. The zero-order valence-corrected chi connectivity index (χ0v) is 13.8. The van der Waals surface area contributed by atoms with E-state index in [-0.39, 0.29) is 0 Å². The smallest absolute Gasteiger partial charge is 0.126 e. The molecule has 22 heavy (non-hydrogen) atoms. The van der Waals surface area contributed by atoms with E-state index in [1.165, 1.54) is 28.8 Å². The highest BCUT2D eigenvalue weighted by Gasteiger charge is 2.27. The van der Waals surface area contributed by atoms with Crippen LogP contribution in [0.3, 0.4) is 0 Å². The Labute approximate surface area is 138 Å². The van der Waals surface area contributed by atoms with Crippen LogP contribution in [0.15, 0.2) is 42.7 Å². The summed E-state index contributed by atoms with van der Waals surface area (Å²) < 4.78 is 0. The quantitative estimate of drug-likeness (QED) is 0.616. The lowest BCUT2D eigenvalue weighted by Crippen LogP contribution is -1.88. The van der Waals surface area contributed by atoms with Gasteiger partial charge in [0.2, 0.25) is 0 Å². The first-order valence-electron chi connectivity index (χ1n) is 7.40. The van der Waals surface area contributed by atoms with Crippen LogP contribution in [0, 0.1) is 6.92 Å². The number of rotatable bonds is 3. The van der Waals surface area contributed by atoms with Gasteiger partial charge in [-0.3, -0.25) is 4.98 Å². The molecule has 2 aromatic heterocycles. The number of hydrogen-bond donors (Lipinski definition) is 0. The molecule has 0 saturated heterocycles. The van der Waals surface area contributed by atoms with Crippen molar-refractivity contribution in [1.82, 2.24) is 9.97 Å². The van der Waals surface area contributed by atoms with Gasteiger partial charge in [-0.25, -0.2) is 4.98 Å². The molecule has 0 aliphatic heterocycles. The van der Waals surface area contributed by atoms with E-state index in [0.29, 0.717) is 5.92 Å². The van der Waals surface area contributed by atoms with Crippen molar-refractivity contribution in [2.24, 2.45) is 0 Å². The number of halogens is 1. The third kappa shape index (κ3) is 2.55. The Kier molecular flexibility index (Phi) is 3.47. The van der Waals surface area contributed by atoms with Crippen molar-refractivity contribution in [2.45, 2.75) is 25.7 Å². The van der Waals surface area contributed by atoms with Gasteiger partial charge < -0.3 is 0 Å². The lowest BCUT2D eigenvalue weighted by atomic mass is 10.1. The summed E-state index contributed by atoms with van der Waals surface area (Å²) in [6.07, 6.45) is 6.41. The van der Waals surface area contributed by atoms with Gasteiger partial charge in [-0.15, -0.1) is 11.3 Å². The second-order valence-electron chi connectivity index (χ2n) is 5.67. The Bertz CT molecular complexity index is 819. The topological polar surface area (TPSA) is 25.8 Å². The van der Waals surface area contributed by atoms with Crippen LogP contribution in [0.2, 0.25) is 5.02 Å². The number of pyridine rings is 1. The largest absolute Gasteiger partial charge is 0.264 e. The van der Waals surface area contributed by atoms with E-state index >= 15 is 0 Å². The number of aromatic nitrogens is 2. The van der Waals surface area contributed by atoms with Crippen molar-refractivity contribution >= 4 is 22.9 Å². The summed E-state index contributed by atoms with van der Waals surface area (Å²) in [5.41, 5.74) is 4.74. The van der Waals surface area contributed by atoms with Gasteiger partial charge >= 0.3 is 0 Å². The van der Waals surface area contributed by atoms with Gasteiger partial charge in [-0.05, 0) is 49.4 Å². The van der Waals surface area contributed by atoms with E-state index in [9.17, 15) is 0 Å². The van der Waals surface area contributed by atoms with Crippen molar-refractivity contribution in [3.63, 3.8) is 0 Å². The van der Waals surface area contributed by atoms with Gasteiger partial charge in [0.05, 0.1) is 5.69 Å². The van der Waals surface area contributed by atoms with E-state index in [2.05, 4.69) is 18.0 Å². The van der Waals surface area contributed by atoms with Gasteiger partial charge in [0.1, 0.15) is 5.01 Å². The molecule has 0 radical (unpaired) electrons. The molecule has 0 N–H and O–H groups in total. The average Bonchev–Trinajstić information content (AvgIpc) is 3.31. The van der Waals surface area contributed by atoms with E-state index in [1.54, 1.807) is 11.3 Å². The molecule has 110 valence electrons. The molecule has 0 amide bonds. The highest BCUT2D eigenvalue weighted by Crippen LogP contribution is 2.45. The zero-order valence-electron chi connectivity index (χ0n) is 12.2. The summed E-state index contributed by atoms with van der Waals surface area (Å²) in [6, 6.07) is 10.0. The standard InChI is InChI=1S/C18H15ClN2S/c1-11-17(13-4-6-14(19)7-5-13)21-18(22-11)16-10-20-9-8-15(16)12-2-3-12/h4-10,12H,2-3H2,1H3. The maximum Gasteiger partial charge on any atom is 0.126 e. The van der Waals surface area contributed by atoms with E-state index in [0.717, 1.165) is 21.3 Å². The minimum Gasteiger partial charge on any atom is -0.264 e. The van der Waals surface area contributed by atoms with Crippen LogP contribution in [0.4, 0.5) is 0 Å². The van der Waals surface area contributed by atoms with Gasteiger partial charge in [0.15, 0.2) is 0 Å². The van der Waals surface area contributed by atoms with E-state index < -0.39 is 0 Å². The molecule has 4 heteroatoms. The van der Waals surface area contributed by atoms with Crippen LogP contribution in [0.1, 0.15) is 29.2 Å². The van der Waals surface area contributed by atoms with Crippen molar-refractivity contribution in [3.8, 4) is 21.8 Å². The Hall–Kier alpha value is -1.71.